The molecular formula is C24H17ClN2O5S. The van der Waals surface area contributed by atoms with Gasteiger partial charge in [-0.25, -0.2) is 0 Å². The second kappa shape index (κ2) is 9.89. The minimum absolute atomic E-state index is 0.0459. The van der Waals surface area contributed by atoms with Gasteiger partial charge in [-0.2, -0.15) is 0 Å². The molecule has 3 aromatic carbocycles. The molecule has 0 spiro atoms. The van der Waals surface area contributed by atoms with Gasteiger partial charge in [-0.05, 0) is 58.8 Å². The minimum atomic E-state index is -0.500. The molecule has 33 heavy (non-hydrogen) atoms. The van der Waals surface area contributed by atoms with Crippen LogP contribution in [0.1, 0.15) is 16.7 Å². The van der Waals surface area contributed by atoms with Crippen molar-refractivity contribution < 1.29 is 19.2 Å². The SMILES string of the molecule is O=C1S/C(=C\c2cccc(OCc3ccc(Cl)cc3)c2)C(=O)N1Cc1ccc([N+](=O)[O-])cc1. The van der Waals surface area contributed by atoms with Gasteiger partial charge in [-0.15, -0.1) is 0 Å². The Balaban J connectivity index is 1.43. The Morgan fingerprint density at radius 1 is 1.00 bits per heavy atom. The number of nitrogens with zero attached hydrogens (tertiary/aromatic N) is 2. The predicted octanol–water partition coefficient (Wildman–Crippen LogP) is 6.06. The molecule has 1 fully saturated rings. The van der Waals surface area contributed by atoms with Gasteiger partial charge in [-0.3, -0.25) is 24.6 Å². The maximum absolute atomic E-state index is 12.8. The monoisotopic (exact) mass is 480 g/mol. The van der Waals surface area contributed by atoms with Crippen LogP contribution in [0.5, 0.6) is 5.75 Å². The van der Waals surface area contributed by atoms with Crippen LogP contribution < -0.4 is 4.74 Å². The number of halogens is 1. The fraction of sp³-hybridized carbons (Fsp3) is 0.0833. The third-order valence-electron chi connectivity index (χ3n) is 4.84. The van der Waals surface area contributed by atoms with Crippen LogP contribution in [0.25, 0.3) is 6.08 Å². The van der Waals surface area contributed by atoms with E-state index in [0.29, 0.717) is 27.8 Å². The van der Waals surface area contributed by atoms with Gasteiger partial charge in [0.1, 0.15) is 12.4 Å². The number of amides is 2. The van der Waals surface area contributed by atoms with E-state index in [9.17, 15) is 19.7 Å². The standard InChI is InChI=1S/C24H17ClN2O5S/c25-19-8-4-17(5-9-19)15-32-21-3-1-2-18(12-21)13-22-23(28)26(24(29)33-22)14-16-6-10-20(11-7-16)27(30)31/h1-13H,14-15H2/b22-13-. The lowest BCUT2D eigenvalue weighted by atomic mass is 10.2. The normalized spacial score (nSPS) is 14.7. The molecule has 0 unspecified atom stereocenters. The van der Waals surface area contributed by atoms with Crippen LogP contribution in [-0.4, -0.2) is 21.0 Å². The minimum Gasteiger partial charge on any atom is -0.489 e. The van der Waals surface area contributed by atoms with Crippen LogP contribution in [0.2, 0.25) is 5.02 Å². The molecule has 0 aliphatic carbocycles. The summed E-state index contributed by atoms with van der Waals surface area (Å²) >= 11 is 6.76. The summed E-state index contributed by atoms with van der Waals surface area (Å²) in [7, 11) is 0. The molecule has 1 heterocycles. The molecule has 1 aliphatic heterocycles. The Morgan fingerprint density at radius 2 is 1.70 bits per heavy atom. The van der Waals surface area contributed by atoms with E-state index in [4.69, 9.17) is 16.3 Å². The number of nitro groups is 1. The lowest BCUT2D eigenvalue weighted by Crippen LogP contribution is -2.27. The number of rotatable bonds is 7. The van der Waals surface area contributed by atoms with Crippen molar-refractivity contribution in [3.05, 3.63) is 110 Å². The number of hydrogen-bond acceptors (Lipinski definition) is 6. The van der Waals surface area contributed by atoms with E-state index in [1.165, 1.54) is 24.3 Å². The van der Waals surface area contributed by atoms with Gasteiger partial charge in [-0.1, -0.05) is 48.0 Å². The summed E-state index contributed by atoms with van der Waals surface area (Å²) in [6.45, 7) is 0.413. The number of carbonyl (C=O) groups excluding carboxylic acids is 2. The highest BCUT2D eigenvalue weighted by molar-refractivity contribution is 8.18. The first kappa shape index (κ1) is 22.6. The number of carbonyl (C=O) groups is 2. The van der Waals surface area contributed by atoms with Crippen molar-refractivity contribution in [3.63, 3.8) is 0 Å². The van der Waals surface area contributed by atoms with Crippen LogP contribution in [-0.2, 0) is 17.9 Å². The molecule has 2 amide bonds. The van der Waals surface area contributed by atoms with Gasteiger partial charge in [0.25, 0.3) is 16.8 Å². The highest BCUT2D eigenvalue weighted by atomic mass is 35.5. The van der Waals surface area contributed by atoms with Gasteiger partial charge in [0, 0.05) is 17.2 Å². The van der Waals surface area contributed by atoms with Crippen LogP contribution in [0.3, 0.4) is 0 Å². The van der Waals surface area contributed by atoms with E-state index < -0.39 is 10.8 Å². The average molecular weight is 481 g/mol. The number of non-ortho nitro benzene ring substituents is 1. The fourth-order valence-electron chi connectivity index (χ4n) is 3.13. The quantitative estimate of drug-likeness (QED) is 0.232. The first-order valence-electron chi connectivity index (χ1n) is 9.85. The first-order valence-corrected chi connectivity index (χ1v) is 11.0. The Kier molecular flexibility index (Phi) is 6.76. The number of benzene rings is 3. The molecule has 3 aromatic rings. The Hall–Kier alpha value is -3.62. The zero-order chi connectivity index (χ0) is 23.4. The molecule has 0 N–H and O–H groups in total. The smallest absolute Gasteiger partial charge is 0.293 e. The third kappa shape index (κ3) is 5.60. The molecule has 0 aromatic heterocycles. The highest BCUT2D eigenvalue weighted by Crippen LogP contribution is 2.34. The maximum atomic E-state index is 12.8. The predicted molar refractivity (Wildman–Crippen MR) is 127 cm³/mol. The van der Waals surface area contributed by atoms with Gasteiger partial charge in [0.05, 0.1) is 16.4 Å². The summed E-state index contributed by atoms with van der Waals surface area (Å²) < 4.78 is 5.82. The van der Waals surface area contributed by atoms with Crippen molar-refractivity contribution in [2.45, 2.75) is 13.2 Å². The van der Waals surface area contributed by atoms with Crippen LogP contribution in [0.15, 0.2) is 77.7 Å². The van der Waals surface area contributed by atoms with Gasteiger partial charge < -0.3 is 4.74 Å². The van der Waals surface area contributed by atoms with E-state index >= 15 is 0 Å². The molecule has 4 rings (SSSR count). The summed E-state index contributed by atoms with van der Waals surface area (Å²) in [5.41, 5.74) is 2.27. The molecule has 1 aliphatic rings. The molecule has 0 radical (unpaired) electrons. The van der Waals surface area contributed by atoms with Crippen molar-refractivity contribution in [1.29, 1.82) is 0 Å². The molecule has 0 bridgehead atoms. The van der Waals surface area contributed by atoms with E-state index in [0.717, 1.165) is 27.8 Å². The molecule has 166 valence electrons. The Bertz CT molecular complexity index is 1240. The van der Waals surface area contributed by atoms with E-state index in [2.05, 4.69) is 0 Å². The van der Waals surface area contributed by atoms with Crippen molar-refractivity contribution in [3.8, 4) is 5.75 Å². The van der Waals surface area contributed by atoms with Crippen molar-refractivity contribution in [2.24, 2.45) is 0 Å². The van der Waals surface area contributed by atoms with Crippen LogP contribution >= 0.6 is 23.4 Å². The zero-order valence-electron chi connectivity index (χ0n) is 17.1. The molecule has 9 heteroatoms. The Labute approximate surface area is 198 Å². The largest absolute Gasteiger partial charge is 0.489 e. The van der Waals surface area contributed by atoms with Crippen LogP contribution in [0.4, 0.5) is 10.5 Å². The van der Waals surface area contributed by atoms with E-state index in [-0.39, 0.29) is 17.5 Å². The van der Waals surface area contributed by atoms with E-state index in [1.54, 1.807) is 24.3 Å². The maximum Gasteiger partial charge on any atom is 0.293 e. The van der Waals surface area contributed by atoms with Crippen LogP contribution in [0, 0.1) is 10.1 Å². The van der Waals surface area contributed by atoms with Crippen molar-refractivity contribution >= 4 is 46.3 Å². The third-order valence-corrected chi connectivity index (χ3v) is 6.00. The molecular weight excluding hydrogens is 464 g/mol. The number of hydrogen-bond donors (Lipinski definition) is 0. The lowest BCUT2D eigenvalue weighted by Gasteiger charge is -2.12. The molecule has 1 saturated heterocycles. The highest BCUT2D eigenvalue weighted by Gasteiger charge is 2.35. The molecule has 0 saturated carbocycles. The summed E-state index contributed by atoms with van der Waals surface area (Å²) in [5.74, 6) is 0.222. The summed E-state index contributed by atoms with van der Waals surface area (Å²) in [5, 5.41) is 11.1. The number of thioether (sulfide) groups is 1. The summed E-state index contributed by atoms with van der Waals surface area (Å²) in [6, 6.07) is 20.4. The van der Waals surface area contributed by atoms with Gasteiger partial charge in [0.2, 0.25) is 0 Å². The fourth-order valence-corrected chi connectivity index (χ4v) is 4.10. The molecule has 7 nitrogen and oxygen atoms in total. The van der Waals surface area contributed by atoms with Crippen molar-refractivity contribution in [2.75, 3.05) is 0 Å². The number of ether oxygens (including phenoxy) is 1. The first-order chi connectivity index (χ1) is 15.9. The number of imide groups is 1. The van der Waals surface area contributed by atoms with Gasteiger partial charge >= 0.3 is 0 Å². The Morgan fingerprint density at radius 3 is 2.39 bits per heavy atom. The second-order valence-corrected chi connectivity index (χ2v) is 8.61. The van der Waals surface area contributed by atoms with E-state index in [1.807, 2.05) is 30.3 Å². The second-order valence-electron chi connectivity index (χ2n) is 7.18. The number of nitro benzene ring substituents is 1. The molecule has 0 atom stereocenters. The van der Waals surface area contributed by atoms with Gasteiger partial charge in [0.15, 0.2) is 0 Å². The summed E-state index contributed by atoms with van der Waals surface area (Å²) in [4.78, 5) is 36.9. The van der Waals surface area contributed by atoms with Crippen molar-refractivity contribution in [1.82, 2.24) is 4.90 Å². The topological polar surface area (TPSA) is 89.8 Å². The average Bonchev–Trinajstić information content (AvgIpc) is 3.06. The lowest BCUT2D eigenvalue weighted by molar-refractivity contribution is -0.384. The summed E-state index contributed by atoms with van der Waals surface area (Å²) in [6.07, 6.45) is 1.65. The zero-order valence-corrected chi connectivity index (χ0v) is 18.7.